The summed E-state index contributed by atoms with van der Waals surface area (Å²) in [5, 5.41) is 2.70. The molecule has 2 rings (SSSR count). The largest absolute Gasteiger partial charge is 0.491 e. The smallest absolute Gasteiger partial charge is 0.241 e. The second-order valence-electron chi connectivity index (χ2n) is 6.23. The maximum Gasteiger partial charge on any atom is 0.241 e. The number of sulfonamides is 1. The Hall–Kier alpha value is -2.38. The van der Waals surface area contributed by atoms with E-state index < -0.39 is 15.9 Å². The van der Waals surface area contributed by atoms with Crippen molar-refractivity contribution < 1.29 is 17.9 Å². The van der Waals surface area contributed by atoms with Gasteiger partial charge < -0.3 is 10.1 Å². The SMILES string of the molecule is Cc1cccc(CNC(=O)CNS(=O)(=O)c2ccc(OC(C)C)cc2)c1. The van der Waals surface area contributed by atoms with Crippen LogP contribution < -0.4 is 14.8 Å². The van der Waals surface area contributed by atoms with E-state index >= 15 is 0 Å². The van der Waals surface area contributed by atoms with Gasteiger partial charge >= 0.3 is 0 Å². The highest BCUT2D eigenvalue weighted by atomic mass is 32.2. The molecule has 0 saturated heterocycles. The molecule has 0 aliphatic heterocycles. The van der Waals surface area contributed by atoms with Gasteiger partial charge in [0, 0.05) is 6.54 Å². The third-order valence-corrected chi connectivity index (χ3v) is 4.92. The molecule has 26 heavy (non-hydrogen) atoms. The van der Waals surface area contributed by atoms with Gasteiger partial charge in [-0.2, -0.15) is 0 Å². The van der Waals surface area contributed by atoms with Crippen LogP contribution in [0.15, 0.2) is 53.4 Å². The molecular weight excluding hydrogens is 352 g/mol. The van der Waals surface area contributed by atoms with Crippen LogP contribution in [0.3, 0.4) is 0 Å². The fourth-order valence-corrected chi connectivity index (χ4v) is 3.28. The fraction of sp³-hybridized carbons (Fsp3) is 0.316. The first kappa shape index (κ1) is 19.9. The van der Waals surface area contributed by atoms with Crippen LogP contribution in [0, 0.1) is 6.92 Å². The molecule has 0 radical (unpaired) electrons. The Labute approximate surface area is 154 Å². The number of hydrogen-bond donors (Lipinski definition) is 2. The highest BCUT2D eigenvalue weighted by molar-refractivity contribution is 7.89. The highest BCUT2D eigenvalue weighted by Gasteiger charge is 2.15. The van der Waals surface area contributed by atoms with Crippen LogP contribution in [0.2, 0.25) is 0 Å². The van der Waals surface area contributed by atoms with Crippen molar-refractivity contribution >= 4 is 15.9 Å². The highest BCUT2D eigenvalue weighted by Crippen LogP contribution is 2.16. The molecule has 0 fully saturated rings. The van der Waals surface area contributed by atoms with E-state index in [0.29, 0.717) is 12.3 Å². The number of carbonyl (C=O) groups is 1. The Bertz CT molecular complexity index is 846. The number of aryl methyl sites for hydroxylation is 1. The number of amides is 1. The number of hydrogen-bond acceptors (Lipinski definition) is 4. The van der Waals surface area contributed by atoms with Gasteiger partial charge in [-0.25, -0.2) is 13.1 Å². The van der Waals surface area contributed by atoms with Crippen LogP contribution in [-0.2, 0) is 21.4 Å². The number of nitrogens with one attached hydrogen (secondary N) is 2. The van der Waals surface area contributed by atoms with Crippen molar-refractivity contribution in [2.75, 3.05) is 6.54 Å². The Morgan fingerprint density at radius 2 is 1.81 bits per heavy atom. The van der Waals surface area contributed by atoms with Gasteiger partial charge in [0.1, 0.15) is 5.75 Å². The van der Waals surface area contributed by atoms with E-state index in [4.69, 9.17) is 4.74 Å². The Balaban J connectivity index is 1.87. The molecular formula is C19H24N2O4S. The first-order chi connectivity index (χ1) is 12.3. The minimum Gasteiger partial charge on any atom is -0.491 e. The van der Waals surface area contributed by atoms with E-state index in [1.54, 1.807) is 12.1 Å². The first-order valence-electron chi connectivity index (χ1n) is 8.35. The zero-order valence-electron chi connectivity index (χ0n) is 15.2. The van der Waals surface area contributed by atoms with Crippen LogP contribution in [0.1, 0.15) is 25.0 Å². The normalized spacial score (nSPS) is 11.4. The van der Waals surface area contributed by atoms with Crippen LogP contribution in [-0.4, -0.2) is 27.0 Å². The van der Waals surface area contributed by atoms with Gasteiger partial charge in [0.2, 0.25) is 15.9 Å². The number of ether oxygens (including phenoxy) is 1. The third-order valence-electron chi connectivity index (χ3n) is 3.50. The van der Waals surface area contributed by atoms with Crippen molar-refractivity contribution in [1.29, 1.82) is 0 Å². The summed E-state index contributed by atoms with van der Waals surface area (Å²) in [7, 11) is -3.76. The summed E-state index contributed by atoms with van der Waals surface area (Å²) in [6.07, 6.45) is 0.00711. The van der Waals surface area contributed by atoms with Crippen LogP contribution in [0.5, 0.6) is 5.75 Å². The molecule has 0 saturated carbocycles. The van der Waals surface area contributed by atoms with E-state index in [0.717, 1.165) is 11.1 Å². The number of rotatable bonds is 8. The van der Waals surface area contributed by atoms with E-state index in [2.05, 4.69) is 10.0 Å². The summed E-state index contributed by atoms with van der Waals surface area (Å²) < 4.78 is 32.3. The molecule has 0 unspecified atom stereocenters. The summed E-state index contributed by atoms with van der Waals surface area (Å²) >= 11 is 0. The van der Waals surface area contributed by atoms with Crippen molar-refractivity contribution in [1.82, 2.24) is 10.0 Å². The quantitative estimate of drug-likeness (QED) is 0.741. The summed E-state index contributed by atoms with van der Waals surface area (Å²) in [5.74, 6) is 0.199. The van der Waals surface area contributed by atoms with Crippen molar-refractivity contribution in [3.05, 3.63) is 59.7 Å². The molecule has 0 atom stereocenters. The Morgan fingerprint density at radius 1 is 1.12 bits per heavy atom. The zero-order valence-corrected chi connectivity index (χ0v) is 16.0. The monoisotopic (exact) mass is 376 g/mol. The predicted octanol–water partition coefficient (Wildman–Crippen LogP) is 2.38. The van der Waals surface area contributed by atoms with Gasteiger partial charge in [-0.1, -0.05) is 29.8 Å². The van der Waals surface area contributed by atoms with Gasteiger partial charge in [-0.15, -0.1) is 0 Å². The number of carbonyl (C=O) groups excluding carboxylic acids is 1. The van der Waals surface area contributed by atoms with Crippen LogP contribution >= 0.6 is 0 Å². The van der Waals surface area contributed by atoms with Gasteiger partial charge in [0.25, 0.3) is 0 Å². The molecule has 0 aliphatic rings. The zero-order chi connectivity index (χ0) is 19.2. The summed E-state index contributed by atoms with van der Waals surface area (Å²) in [6.45, 7) is 5.78. The summed E-state index contributed by atoms with van der Waals surface area (Å²) in [4.78, 5) is 12.0. The predicted molar refractivity (Wildman–Crippen MR) is 100 cm³/mol. The second kappa shape index (κ2) is 8.82. The minimum absolute atomic E-state index is 0.00711. The molecule has 0 aromatic heterocycles. The molecule has 0 bridgehead atoms. The average molecular weight is 376 g/mol. The van der Waals surface area contributed by atoms with E-state index in [1.165, 1.54) is 12.1 Å². The van der Waals surface area contributed by atoms with Crippen LogP contribution in [0.25, 0.3) is 0 Å². The van der Waals surface area contributed by atoms with Crippen molar-refractivity contribution in [2.24, 2.45) is 0 Å². The second-order valence-corrected chi connectivity index (χ2v) is 8.00. The van der Waals surface area contributed by atoms with E-state index in [-0.39, 0.29) is 17.5 Å². The van der Waals surface area contributed by atoms with Crippen molar-refractivity contribution in [3.63, 3.8) is 0 Å². The summed E-state index contributed by atoms with van der Waals surface area (Å²) in [5.41, 5.74) is 2.06. The van der Waals surface area contributed by atoms with Crippen molar-refractivity contribution in [3.8, 4) is 5.75 Å². The molecule has 140 valence electrons. The lowest BCUT2D eigenvalue weighted by atomic mass is 10.1. The lowest BCUT2D eigenvalue weighted by molar-refractivity contribution is -0.120. The molecule has 2 N–H and O–H groups in total. The maximum atomic E-state index is 12.3. The summed E-state index contributed by atoms with van der Waals surface area (Å²) in [6, 6.07) is 13.8. The lowest BCUT2D eigenvalue weighted by Gasteiger charge is -2.11. The van der Waals surface area contributed by atoms with Crippen LogP contribution in [0.4, 0.5) is 0 Å². The molecule has 0 aliphatic carbocycles. The molecule has 0 spiro atoms. The van der Waals surface area contributed by atoms with Gasteiger partial charge in [-0.3, -0.25) is 4.79 Å². The van der Waals surface area contributed by atoms with E-state index in [9.17, 15) is 13.2 Å². The molecule has 1 amide bonds. The van der Waals surface area contributed by atoms with Gasteiger partial charge in [-0.05, 0) is 50.6 Å². The first-order valence-corrected chi connectivity index (χ1v) is 9.83. The molecule has 6 nitrogen and oxygen atoms in total. The molecule has 7 heteroatoms. The van der Waals surface area contributed by atoms with Crippen molar-refractivity contribution in [2.45, 2.75) is 38.3 Å². The standard InChI is InChI=1S/C19H24N2O4S/c1-14(2)25-17-7-9-18(10-8-17)26(23,24)21-13-19(22)20-12-16-6-4-5-15(3)11-16/h4-11,14,21H,12-13H2,1-3H3,(H,20,22). The maximum absolute atomic E-state index is 12.3. The fourth-order valence-electron chi connectivity index (χ4n) is 2.30. The molecule has 2 aromatic carbocycles. The minimum atomic E-state index is -3.76. The molecule has 0 heterocycles. The topological polar surface area (TPSA) is 84.5 Å². The third kappa shape index (κ3) is 6.16. The average Bonchev–Trinajstić information content (AvgIpc) is 2.58. The Kier molecular flexibility index (Phi) is 6.76. The van der Waals surface area contributed by atoms with Gasteiger partial charge in [0.05, 0.1) is 17.5 Å². The van der Waals surface area contributed by atoms with Gasteiger partial charge in [0.15, 0.2) is 0 Å². The number of benzene rings is 2. The molecule has 2 aromatic rings. The lowest BCUT2D eigenvalue weighted by Crippen LogP contribution is -2.36. The Morgan fingerprint density at radius 3 is 2.42 bits per heavy atom. The van der Waals surface area contributed by atoms with E-state index in [1.807, 2.05) is 45.0 Å².